The van der Waals surface area contributed by atoms with Crippen molar-refractivity contribution in [3.63, 3.8) is 0 Å². The maximum absolute atomic E-state index is 12.1. The maximum Gasteiger partial charge on any atom is 0.265 e. The lowest BCUT2D eigenvalue weighted by Crippen LogP contribution is -2.40. The maximum atomic E-state index is 12.1. The minimum absolute atomic E-state index is 0.201. The van der Waals surface area contributed by atoms with Gasteiger partial charge in [-0.3, -0.25) is 4.79 Å². The normalized spacial score (nSPS) is 13.7. The van der Waals surface area contributed by atoms with Gasteiger partial charge in [0.15, 0.2) is 0 Å². The van der Waals surface area contributed by atoms with Crippen molar-refractivity contribution >= 4 is 29.0 Å². The summed E-state index contributed by atoms with van der Waals surface area (Å²) in [5.41, 5.74) is 0.864. The summed E-state index contributed by atoms with van der Waals surface area (Å²) in [6.45, 7) is 3.97. The number of rotatable bonds is 5. The molecule has 7 heteroatoms. The van der Waals surface area contributed by atoms with Gasteiger partial charge in [0.05, 0.1) is 12.2 Å². The van der Waals surface area contributed by atoms with Crippen LogP contribution >= 0.6 is 23.1 Å². The van der Waals surface area contributed by atoms with E-state index in [2.05, 4.69) is 14.9 Å². The van der Waals surface area contributed by atoms with E-state index in [4.69, 9.17) is 16.3 Å². The minimum atomic E-state index is -0.660. The van der Waals surface area contributed by atoms with E-state index in [0.717, 1.165) is 17.1 Å². The van der Waals surface area contributed by atoms with Gasteiger partial charge in [0.25, 0.3) is 5.91 Å². The number of aromatic nitrogens is 2. The Bertz CT molecular complexity index is 647. The van der Waals surface area contributed by atoms with Crippen LogP contribution in [0.4, 0.5) is 0 Å². The van der Waals surface area contributed by atoms with E-state index in [1.165, 1.54) is 0 Å². The molecule has 1 aromatic heterocycles. The quantitative estimate of drug-likeness (QED) is 0.918. The van der Waals surface area contributed by atoms with Crippen molar-refractivity contribution in [1.29, 1.82) is 0 Å². The number of nitrogens with zero attached hydrogens (tertiary/aromatic N) is 2. The largest absolute Gasteiger partial charge is 0.372 e. The van der Waals surface area contributed by atoms with E-state index >= 15 is 0 Å². The van der Waals surface area contributed by atoms with Crippen molar-refractivity contribution in [2.75, 3.05) is 13.7 Å². The lowest BCUT2D eigenvalue weighted by Gasteiger charge is -2.29. The highest BCUT2D eigenvalue weighted by Gasteiger charge is 2.28. The van der Waals surface area contributed by atoms with Crippen LogP contribution in [-0.4, -0.2) is 29.1 Å². The first-order chi connectivity index (χ1) is 9.96. The summed E-state index contributed by atoms with van der Waals surface area (Å²) < 4.78 is 9.33. The molecule has 5 nitrogen and oxygen atoms in total. The van der Waals surface area contributed by atoms with E-state index in [1.54, 1.807) is 20.1 Å². The molecular weight excluding hydrogens is 310 g/mol. The highest BCUT2D eigenvalue weighted by molar-refractivity contribution is 7.07. The van der Waals surface area contributed by atoms with Gasteiger partial charge in [-0.05, 0) is 43.1 Å². The summed E-state index contributed by atoms with van der Waals surface area (Å²) >= 11 is 7.09. The number of carbonyl (C=O) groups is 1. The molecule has 1 amide bonds. The van der Waals surface area contributed by atoms with E-state index in [0.29, 0.717) is 22.1 Å². The average Bonchev–Trinajstić information content (AvgIpc) is 2.90. The van der Waals surface area contributed by atoms with Crippen LogP contribution in [0.2, 0.25) is 5.02 Å². The molecule has 1 N–H and O–H groups in total. The van der Waals surface area contributed by atoms with Crippen molar-refractivity contribution < 1.29 is 9.53 Å². The lowest BCUT2D eigenvalue weighted by molar-refractivity contribution is 0.00318. The second-order valence-corrected chi connectivity index (χ2v) is 6.01. The summed E-state index contributed by atoms with van der Waals surface area (Å²) in [7, 11) is 1.60. The van der Waals surface area contributed by atoms with Crippen molar-refractivity contribution in [3.05, 3.63) is 45.4 Å². The van der Waals surface area contributed by atoms with Crippen molar-refractivity contribution in [2.24, 2.45) is 0 Å². The Labute approximate surface area is 132 Å². The number of hydrogen-bond acceptors (Lipinski definition) is 5. The van der Waals surface area contributed by atoms with E-state index in [1.807, 2.05) is 25.1 Å². The zero-order valence-electron chi connectivity index (χ0n) is 12.0. The van der Waals surface area contributed by atoms with Gasteiger partial charge in [-0.25, -0.2) is 0 Å². The topological polar surface area (TPSA) is 64.1 Å². The molecule has 2 rings (SSSR count). The smallest absolute Gasteiger partial charge is 0.265 e. The highest BCUT2D eigenvalue weighted by Crippen LogP contribution is 2.26. The summed E-state index contributed by atoms with van der Waals surface area (Å²) in [5, 5.41) is 7.32. The Hall–Kier alpha value is -1.50. The van der Waals surface area contributed by atoms with E-state index < -0.39 is 5.60 Å². The van der Waals surface area contributed by atoms with Gasteiger partial charge in [0.1, 0.15) is 10.5 Å². The van der Waals surface area contributed by atoms with Gasteiger partial charge in [-0.15, -0.1) is 5.10 Å². The molecule has 0 bridgehead atoms. The molecule has 0 radical (unpaired) electrons. The van der Waals surface area contributed by atoms with Gasteiger partial charge in [-0.2, -0.15) is 0 Å². The first kappa shape index (κ1) is 15.9. The van der Waals surface area contributed by atoms with Crippen LogP contribution in [0.1, 0.15) is 27.9 Å². The Kier molecular flexibility index (Phi) is 4.92. The molecule has 1 unspecified atom stereocenters. The molecule has 0 aliphatic rings. The SMILES string of the molecule is COC(C)(CNC(=O)c1snnc1C)c1cccc(Cl)c1. The number of nitrogens with one attached hydrogen (secondary N) is 1. The molecule has 1 aromatic carbocycles. The molecule has 0 saturated heterocycles. The van der Waals surface area contributed by atoms with Crippen LogP contribution in [0.25, 0.3) is 0 Å². The van der Waals surface area contributed by atoms with Crippen LogP contribution in [0.15, 0.2) is 24.3 Å². The number of ether oxygens (including phenoxy) is 1. The zero-order chi connectivity index (χ0) is 15.5. The second kappa shape index (κ2) is 6.51. The number of hydrogen-bond donors (Lipinski definition) is 1. The average molecular weight is 326 g/mol. The predicted octanol–water partition coefficient (Wildman–Crippen LogP) is 2.79. The van der Waals surface area contributed by atoms with Crippen molar-refractivity contribution in [3.8, 4) is 0 Å². The molecule has 21 heavy (non-hydrogen) atoms. The number of benzene rings is 1. The van der Waals surface area contributed by atoms with Gasteiger partial charge in [0.2, 0.25) is 0 Å². The first-order valence-corrected chi connectivity index (χ1v) is 7.50. The number of halogens is 1. The van der Waals surface area contributed by atoms with E-state index in [-0.39, 0.29) is 5.91 Å². The van der Waals surface area contributed by atoms with Crippen LogP contribution in [0.3, 0.4) is 0 Å². The summed E-state index contributed by atoms with van der Waals surface area (Å²) in [5.74, 6) is -0.201. The molecular formula is C14H16ClN3O2S. The molecule has 0 fully saturated rings. The van der Waals surface area contributed by atoms with Gasteiger partial charge in [0, 0.05) is 12.1 Å². The van der Waals surface area contributed by atoms with E-state index in [9.17, 15) is 4.79 Å². The van der Waals surface area contributed by atoms with Gasteiger partial charge >= 0.3 is 0 Å². The van der Waals surface area contributed by atoms with Gasteiger partial charge < -0.3 is 10.1 Å². The van der Waals surface area contributed by atoms with Gasteiger partial charge in [-0.1, -0.05) is 28.2 Å². The monoisotopic (exact) mass is 325 g/mol. The number of carbonyl (C=O) groups excluding carboxylic acids is 1. The molecule has 0 saturated carbocycles. The molecule has 1 heterocycles. The Morgan fingerprint density at radius 1 is 1.52 bits per heavy atom. The fourth-order valence-corrected chi connectivity index (χ4v) is 2.64. The fraction of sp³-hybridized carbons (Fsp3) is 0.357. The zero-order valence-corrected chi connectivity index (χ0v) is 13.6. The highest BCUT2D eigenvalue weighted by atomic mass is 35.5. The molecule has 112 valence electrons. The molecule has 0 aliphatic carbocycles. The van der Waals surface area contributed by atoms with Crippen molar-refractivity contribution in [1.82, 2.24) is 14.9 Å². The molecule has 2 aromatic rings. The Morgan fingerprint density at radius 2 is 2.29 bits per heavy atom. The summed E-state index contributed by atoms with van der Waals surface area (Å²) in [6.07, 6.45) is 0. The third kappa shape index (κ3) is 3.58. The van der Waals surface area contributed by atoms with Crippen LogP contribution in [-0.2, 0) is 10.3 Å². The number of aryl methyl sites for hydroxylation is 1. The third-order valence-electron chi connectivity index (χ3n) is 3.33. The number of methoxy groups -OCH3 is 1. The number of amides is 1. The second-order valence-electron chi connectivity index (χ2n) is 4.82. The predicted molar refractivity (Wildman–Crippen MR) is 82.8 cm³/mol. The standard InChI is InChI=1S/C14H16ClN3O2S/c1-9-12(21-18-17-9)13(19)16-8-14(2,20-3)10-5-4-6-11(15)7-10/h4-7H,8H2,1-3H3,(H,16,19). The molecule has 0 aliphatic heterocycles. The fourth-order valence-electron chi connectivity index (χ4n) is 1.88. The van der Waals surface area contributed by atoms with Crippen LogP contribution in [0.5, 0.6) is 0 Å². The van der Waals surface area contributed by atoms with Crippen LogP contribution in [0, 0.1) is 6.92 Å². The Balaban J connectivity index is 2.12. The summed E-state index contributed by atoms with van der Waals surface area (Å²) in [4.78, 5) is 12.6. The Morgan fingerprint density at radius 3 is 2.86 bits per heavy atom. The minimum Gasteiger partial charge on any atom is -0.372 e. The lowest BCUT2D eigenvalue weighted by atomic mass is 9.95. The third-order valence-corrected chi connectivity index (χ3v) is 4.39. The van der Waals surface area contributed by atoms with Crippen molar-refractivity contribution in [2.45, 2.75) is 19.4 Å². The van der Waals surface area contributed by atoms with Crippen LogP contribution < -0.4 is 5.32 Å². The molecule has 0 spiro atoms. The first-order valence-electron chi connectivity index (χ1n) is 6.34. The summed E-state index contributed by atoms with van der Waals surface area (Å²) in [6, 6.07) is 7.40. The molecule has 1 atom stereocenters.